The minimum Gasteiger partial charge on any atom is -0.389 e. The Bertz CT molecular complexity index is 665. The molecule has 0 amide bonds. The molecule has 4 rings (SSSR count). The molecular weight excluding hydrogens is 308 g/mol. The second-order valence-electron chi connectivity index (χ2n) is 9.67. The monoisotopic (exact) mass is 340 g/mol. The maximum absolute atomic E-state index is 11.5. The van der Waals surface area contributed by atoms with Crippen LogP contribution in [0.4, 0.5) is 5.69 Å². The third kappa shape index (κ3) is 3.36. The van der Waals surface area contributed by atoms with Crippen molar-refractivity contribution in [3.05, 3.63) is 29.8 Å². The van der Waals surface area contributed by atoms with Crippen molar-refractivity contribution in [2.75, 3.05) is 6.54 Å². The molecule has 1 saturated carbocycles. The van der Waals surface area contributed by atoms with Gasteiger partial charge in [-0.1, -0.05) is 39.0 Å². The Morgan fingerprint density at radius 3 is 2.60 bits per heavy atom. The van der Waals surface area contributed by atoms with E-state index in [0.717, 1.165) is 62.6 Å². The van der Waals surface area contributed by atoms with Crippen LogP contribution in [-0.2, 0) is 6.54 Å². The van der Waals surface area contributed by atoms with Crippen LogP contribution in [0.1, 0.15) is 64.9 Å². The van der Waals surface area contributed by atoms with Crippen molar-refractivity contribution in [1.82, 2.24) is 4.90 Å². The number of nitrogens with zero attached hydrogens (tertiary/aromatic N) is 2. The lowest BCUT2D eigenvalue weighted by Gasteiger charge is -2.42. The minimum atomic E-state index is -0.547. The van der Waals surface area contributed by atoms with Crippen LogP contribution in [0.3, 0.4) is 0 Å². The SMILES string of the molecule is CC(C)(C)CC1CCC(O)(C2CCN3Cc4ccccc4N=C23)CC1. The molecule has 2 aliphatic heterocycles. The summed E-state index contributed by atoms with van der Waals surface area (Å²) >= 11 is 0. The zero-order valence-corrected chi connectivity index (χ0v) is 16.0. The highest BCUT2D eigenvalue weighted by Gasteiger charge is 2.47. The van der Waals surface area contributed by atoms with Crippen molar-refractivity contribution >= 4 is 11.5 Å². The summed E-state index contributed by atoms with van der Waals surface area (Å²) in [6, 6.07) is 8.44. The highest BCUT2D eigenvalue weighted by molar-refractivity contribution is 5.91. The fraction of sp³-hybridized carbons (Fsp3) is 0.682. The number of hydrogen-bond acceptors (Lipinski definition) is 3. The molecule has 1 saturated heterocycles. The lowest BCUT2D eigenvalue weighted by molar-refractivity contribution is -0.0408. The average molecular weight is 341 g/mol. The maximum Gasteiger partial charge on any atom is 0.111 e. The Hall–Kier alpha value is -1.35. The van der Waals surface area contributed by atoms with E-state index < -0.39 is 5.60 Å². The average Bonchev–Trinajstić information content (AvgIpc) is 2.97. The molecule has 2 fully saturated rings. The van der Waals surface area contributed by atoms with Gasteiger partial charge < -0.3 is 10.0 Å². The van der Waals surface area contributed by atoms with Crippen LogP contribution in [0, 0.1) is 17.3 Å². The molecule has 3 nitrogen and oxygen atoms in total. The topological polar surface area (TPSA) is 35.8 Å². The third-order valence-electron chi connectivity index (χ3n) is 6.43. The number of hydrogen-bond donors (Lipinski definition) is 1. The summed E-state index contributed by atoms with van der Waals surface area (Å²) in [7, 11) is 0. The van der Waals surface area contributed by atoms with Crippen LogP contribution < -0.4 is 0 Å². The molecule has 0 radical (unpaired) electrons. The number of amidine groups is 1. The summed E-state index contributed by atoms with van der Waals surface area (Å²) in [6.45, 7) is 8.98. The molecule has 25 heavy (non-hydrogen) atoms. The van der Waals surface area contributed by atoms with Crippen molar-refractivity contribution in [3.8, 4) is 0 Å². The zero-order valence-electron chi connectivity index (χ0n) is 16.0. The van der Waals surface area contributed by atoms with E-state index in [1.165, 1.54) is 12.0 Å². The Balaban J connectivity index is 1.50. The Labute approximate surface area is 152 Å². The van der Waals surface area contributed by atoms with Crippen molar-refractivity contribution in [2.24, 2.45) is 22.2 Å². The lowest BCUT2D eigenvalue weighted by atomic mass is 9.68. The van der Waals surface area contributed by atoms with Gasteiger partial charge in [0.25, 0.3) is 0 Å². The number of fused-ring (bicyclic) bond motifs is 2. The van der Waals surface area contributed by atoms with Crippen LogP contribution in [0.2, 0.25) is 0 Å². The molecule has 2 heterocycles. The van der Waals surface area contributed by atoms with Gasteiger partial charge in [-0.3, -0.25) is 0 Å². The standard InChI is InChI=1S/C22H32N2O/c1-21(2,3)14-16-8-11-22(25,12-9-16)18-10-13-24-15-17-6-4-5-7-19(17)23-20(18)24/h4-7,16,18,25H,8-15H2,1-3H3. The predicted molar refractivity (Wildman–Crippen MR) is 103 cm³/mol. The third-order valence-corrected chi connectivity index (χ3v) is 6.43. The van der Waals surface area contributed by atoms with Crippen molar-refractivity contribution in [2.45, 2.75) is 71.4 Å². The van der Waals surface area contributed by atoms with Gasteiger partial charge in [0.05, 0.1) is 11.3 Å². The van der Waals surface area contributed by atoms with Crippen LogP contribution in [0.25, 0.3) is 0 Å². The van der Waals surface area contributed by atoms with Gasteiger partial charge in [-0.05, 0) is 61.5 Å². The van der Waals surface area contributed by atoms with E-state index in [1.807, 2.05) is 0 Å². The van der Waals surface area contributed by atoms with Gasteiger partial charge in [-0.25, -0.2) is 4.99 Å². The largest absolute Gasteiger partial charge is 0.389 e. The first-order chi connectivity index (χ1) is 11.8. The van der Waals surface area contributed by atoms with Gasteiger partial charge in [0.1, 0.15) is 5.84 Å². The predicted octanol–water partition coefficient (Wildman–Crippen LogP) is 4.91. The quantitative estimate of drug-likeness (QED) is 0.830. The fourth-order valence-electron chi connectivity index (χ4n) is 5.25. The lowest BCUT2D eigenvalue weighted by Crippen LogP contribution is -2.46. The van der Waals surface area contributed by atoms with E-state index in [2.05, 4.69) is 49.9 Å². The first kappa shape index (κ1) is 17.1. The molecule has 1 aliphatic carbocycles. The number of aliphatic hydroxyl groups is 1. The van der Waals surface area contributed by atoms with E-state index in [0.29, 0.717) is 5.41 Å². The van der Waals surface area contributed by atoms with Crippen LogP contribution in [0.5, 0.6) is 0 Å². The molecular formula is C22H32N2O. The Kier molecular flexibility index (Phi) is 4.18. The second-order valence-corrected chi connectivity index (χ2v) is 9.67. The molecule has 0 bridgehead atoms. The Morgan fingerprint density at radius 2 is 1.88 bits per heavy atom. The fourth-order valence-corrected chi connectivity index (χ4v) is 5.25. The van der Waals surface area contributed by atoms with Gasteiger partial charge in [-0.2, -0.15) is 0 Å². The van der Waals surface area contributed by atoms with E-state index in [-0.39, 0.29) is 5.92 Å². The molecule has 136 valence electrons. The summed E-state index contributed by atoms with van der Waals surface area (Å²) in [5, 5.41) is 11.5. The molecule has 3 heteroatoms. The van der Waals surface area contributed by atoms with Crippen molar-refractivity contribution in [1.29, 1.82) is 0 Å². The normalized spacial score (nSPS) is 32.2. The molecule has 1 aromatic rings. The number of benzene rings is 1. The van der Waals surface area contributed by atoms with E-state index in [1.54, 1.807) is 0 Å². The first-order valence-electron chi connectivity index (χ1n) is 9.98. The van der Waals surface area contributed by atoms with Gasteiger partial charge in [0.2, 0.25) is 0 Å². The Morgan fingerprint density at radius 1 is 1.16 bits per heavy atom. The zero-order chi connectivity index (χ0) is 17.7. The summed E-state index contributed by atoms with van der Waals surface area (Å²) in [5.74, 6) is 2.14. The molecule has 1 aromatic carbocycles. The second kappa shape index (κ2) is 6.12. The highest BCUT2D eigenvalue weighted by atomic mass is 16.3. The summed E-state index contributed by atoms with van der Waals surface area (Å²) in [4.78, 5) is 7.37. The minimum absolute atomic E-state index is 0.219. The maximum atomic E-state index is 11.5. The van der Waals surface area contributed by atoms with Gasteiger partial charge in [0, 0.05) is 19.0 Å². The molecule has 1 N–H and O–H groups in total. The summed E-state index contributed by atoms with van der Waals surface area (Å²) in [6.07, 6.45) is 6.52. The highest BCUT2D eigenvalue weighted by Crippen LogP contribution is 2.46. The molecule has 3 aliphatic rings. The smallest absolute Gasteiger partial charge is 0.111 e. The van der Waals surface area contributed by atoms with Gasteiger partial charge in [0.15, 0.2) is 0 Å². The van der Waals surface area contributed by atoms with Crippen LogP contribution in [-0.4, -0.2) is 28.0 Å². The van der Waals surface area contributed by atoms with E-state index in [9.17, 15) is 5.11 Å². The number of aliphatic imine (C=N–C) groups is 1. The number of rotatable bonds is 2. The molecule has 1 atom stereocenters. The van der Waals surface area contributed by atoms with E-state index >= 15 is 0 Å². The summed E-state index contributed by atoms with van der Waals surface area (Å²) in [5.41, 5.74) is 2.26. The van der Waals surface area contributed by atoms with Crippen molar-refractivity contribution < 1.29 is 5.11 Å². The van der Waals surface area contributed by atoms with Crippen molar-refractivity contribution in [3.63, 3.8) is 0 Å². The van der Waals surface area contributed by atoms with Crippen LogP contribution >= 0.6 is 0 Å². The van der Waals surface area contributed by atoms with Gasteiger partial charge >= 0.3 is 0 Å². The number of para-hydroxylation sites is 1. The molecule has 0 spiro atoms. The molecule has 1 unspecified atom stereocenters. The van der Waals surface area contributed by atoms with E-state index in [4.69, 9.17) is 4.99 Å². The van der Waals surface area contributed by atoms with Gasteiger partial charge in [-0.15, -0.1) is 0 Å². The van der Waals surface area contributed by atoms with Crippen LogP contribution in [0.15, 0.2) is 29.3 Å². The first-order valence-corrected chi connectivity index (χ1v) is 9.98. The summed E-state index contributed by atoms with van der Waals surface area (Å²) < 4.78 is 0. The molecule has 0 aromatic heterocycles.